The number of halogens is 4. The maximum absolute atomic E-state index is 14.5. The molecular formula is C28H15F4NO6. The van der Waals surface area contributed by atoms with Crippen molar-refractivity contribution in [1.29, 1.82) is 0 Å². The molecule has 4 aromatic rings. The highest BCUT2D eigenvalue weighted by atomic mass is 19.2. The zero-order valence-electron chi connectivity index (χ0n) is 19.5. The van der Waals surface area contributed by atoms with Crippen LogP contribution in [0.2, 0.25) is 0 Å². The van der Waals surface area contributed by atoms with E-state index in [1.165, 1.54) is 24.3 Å². The Morgan fingerprint density at radius 1 is 0.615 bits per heavy atom. The van der Waals surface area contributed by atoms with E-state index in [-0.39, 0.29) is 16.8 Å². The monoisotopic (exact) mass is 537 g/mol. The SMILES string of the molecule is O=C(O)c1c(F)c(F)c(F)c(F)c1C(=O)c1ccc(N(C(=O)c2ccccc2)C(=O)c2ccccc2)cc1O. The van der Waals surface area contributed by atoms with Crippen LogP contribution in [0.5, 0.6) is 5.75 Å². The fraction of sp³-hybridized carbons (Fsp3) is 0. The minimum Gasteiger partial charge on any atom is -0.507 e. The number of carbonyl (C=O) groups excluding carboxylic acids is 3. The lowest BCUT2D eigenvalue weighted by atomic mass is 9.95. The van der Waals surface area contributed by atoms with Crippen LogP contribution >= 0.6 is 0 Å². The molecule has 0 fully saturated rings. The Morgan fingerprint density at radius 3 is 1.51 bits per heavy atom. The zero-order chi connectivity index (χ0) is 28.4. The number of rotatable bonds is 6. The first-order valence-electron chi connectivity index (χ1n) is 11.0. The van der Waals surface area contributed by atoms with Gasteiger partial charge >= 0.3 is 5.97 Å². The molecule has 0 spiro atoms. The number of aromatic carboxylic acids is 1. The molecule has 0 heterocycles. The van der Waals surface area contributed by atoms with Crippen molar-refractivity contribution in [2.45, 2.75) is 0 Å². The molecule has 0 unspecified atom stereocenters. The third-order valence-electron chi connectivity index (χ3n) is 5.64. The standard InChI is InChI=1S/C28H15F4NO6/c29-21-19(20(28(38)39)22(30)24(32)23(21)31)25(35)17-12-11-16(13-18(17)34)33(26(36)14-7-3-1-4-8-14)27(37)15-9-5-2-6-10-15/h1-13,34H,(H,38,39). The second kappa shape index (κ2) is 10.6. The van der Waals surface area contributed by atoms with Gasteiger partial charge in [-0.25, -0.2) is 27.3 Å². The van der Waals surface area contributed by atoms with Gasteiger partial charge in [-0.15, -0.1) is 0 Å². The van der Waals surface area contributed by atoms with Crippen LogP contribution in [0.4, 0.5) is 23.2 Å². The molecule has 0 radical (unpaired) electrons. The highest BCUT2D eigenvalue weighted by molar-refractivity contribution is 6.26. The molecule has 11 heteroatoms. The first kappa shape index (κ1) is 26.7. The van der Waals surface area contributed by atoms with Gasteiger partial charge in [0.25, 0.3) is 11.8 Å². The summed E-state index contributed by atoms with van der Waals surface area (Å²) in [5.41, 5.74) is -4.36. The zero-order valence-corrected chi connectivity index (χ0v) is 19.5. The number of carboxylic acids is 1. The Morgan fingerprint density at radius 2 is 1.08 bits per heavy atom. The quantitative estimate of drug-likeness (QED) is 0.113. The number of hydrogen-bond acceptors (Lipinski definition) is 5. The van der Waals surface area contributed by atoms with Crippen molar-refractivity contribution in [1.82, 2.24) is 0 Å². The molecule has 7 nitrogen and oxygen atoms in total. The summed E-state index contributed by atoms with van der Waals surface area (Å²) in [6, 6.07) is 17.8. The van der Waals surface area contributed by atoms with Crippen LogP contribution in [-0.4, -0.2) is 33.8 Å². The smallest absolute Gasteiger partial charge is 0.339 e. The number of nitrogens with zero attached hydrogens (tertiary/aromatic N) is 1. The van der Waals surface area contributed by atoms with E-state index < -0.39 is 69.3 Å². The van der Waals surface area contributed by atoms with Crippen molar-refractivity contribution in [2.75, 3.05) is 4.90 Å². The van der Waals surface area contributed by atoms with E-state index in [0.717, 1.165) is 18.2 Å². The predicted octanol–water partition coefficient (Wildman–Crippen LogP) is 5.37. The Balaban J connectivity index is 1.84. The first-order valence-corrected chi connectivity index (χ1v) is 11.0. The van der Waals surface area contributed by atoms with E-state index in [0.29, 0.717) is 4.90 Å². The molecule has 0 aromatic heterocycles. The number of anilines is 1. The molecular weight excluding hydrogens is 522 g/mol. The van der Waals surface area contributed by atoms with Gasteiger partial charge in [-0.05, 0) is 36.4 Å². The van der Waals surface area contributed by atoms with Gasteiger partial charge in [0.1, 0.15) is 11.3 Å². The van der Waals surface area contributed by atoms with E-state index in [4.69, 9.17) is 0 Å². The molecule has 2 N–H and O–H groups in total. The number of aromatic hydroxyl groups is 1. The molecule has 2 amide bonds. The number of imide groups is 1. The number of phenols is 1. The average Bonchev–Trinajstić information content (AvgIpc) is 2.94. The van der Waals surface area contributed by atoms with Gasteiger partial charge in [-0.3, -0.25) is 14.4 Å². The normalized spacial score (nSPS) is 10.7. The second-order valence-electron chi connectivity index (χ2n) is 8.02. The van der Waals surface area contributed by atoms with Gasteiger partial charge < -0.3 is 10.2 Å². The molecule has 39 heavy (non-hydrogen) atoms. The van der Waals surface area contributed by atoms with Gasteiger partial charge in [0.2, 0.25) is 5.78 Å². The van der Waals surface area contributed by atoms with Gasteiger partial charge in [0, 0.05) is 17.2 Å². The highest BCUT2D eigenvalue weighted by Crippen LogP contribution is 2.32. The van der Waals surface area contributed by atoms with Crippen LogP contribution in [0.15, 0.2) is 78.9 Å². The largest absolute Gasteiger partial charge is 0.507 e. The molecule has 0 aliphatic rings. The van der Waals surface area contributed by atoms with Crippen LogP contribution < -0.4 is 4.90 Å². The number of hydrogen-bond donors (Lipinski definition) is 2. The molecule has 196 valence electrons. The first-order chi connectivity index (χ1) is 18.5. The Bertz CT molecular complexity index is 1590. The molecule has 4 rings (SSSR count). The molecule has 0 saturated carbocycles. The summed E-state index contributed by atoms with van der Waals surface area (Å²) in [4.78, 5) is 51.7. The van der Waals surface area contributed by atoms with Crippen molar-refractivity contribution >= 4 is 29.3 Å². The van der Waals surface area contributed by atoms with Crippen LogP contribution in [0, 0.1) is 23.3 Å². The van der Waals surface area contributed by atoms with E-state index in [1.54, 1.807) is 36.4 Å². The Kier molecular flexibility index (Phi) is 7.25. The Hall–Kier alpha value is -5.32. The van der Waals surface area contributed by atoms with Crippen LogP contribution in [0.1, 0.15) is 47.0 Å². The van der Waals surface area contributed by atoms with Gasteiger partial charge in [0.05, 0.1) is 16.8 Å². The number of amides is 2. The molecule has 0 saturated heterocycles. The fourth-order valence-corrected chi connectivity index (χ4v) is 3.78. The summed E-state index contributed by atoms with van der Waals surface area (Å²) < 4.78 is 56.1. The van der Waals surface area contributed by atoms with Crippen LogP contribution in [0.3, 0.4) is 0 Å². The van der Waals surface area contributed by atoms with Crippen LogP contribution in [-0.2, 0) is 0 Å². The second-order valence-corrected chi connectivity index (χ2v) is 8.02. The molecule has 0 aliphatic heterocycles. The predicted molar refractivity (Wildman–Crippen MR) is 129 cm³/mol. The van der Waals surface area contributed by atoms with Crippen molar-refractivity contribution in [3.63, 3.8) is 0 Å². The summed E-state index contributed by atoms with van der Waals surface area (Å²) in [5, 5.41) is 19.8. The lowest BCUT2D eigenvalue weighted by Crippen LogP contribution is -2.37. The van der Waals surface area contributed by atoms with Crippen molar-refractivity contribution in [3.8, 4) is 5.75 Å². The number of benzene rings is 4. The molecule has 0 bridgehead atoms. The van der Waals surface area contributed by atoms with Gasteiger partial charge in [0.15, 0.2) is 23.3 Å². The summed E-state index contributed by atoms with van der Waals surface area (Å²) in [6.07, 6.45) is 0. The summed E-state index contributed by atoms with van der Waals surface area (Å²) in [7, 11) is 0. The van der Waals surface area contributed by atoms with Crippen LogP contribution in [0.25, 0.3) is 0 Å². The number of ketones is 1. The minimum absolute atomic E-state index is 0.0897. The number of carboxylic acid groups (broad SMARTS) is 1. The lowest BCUT2D eigenvalue weighted by Gasteiger charge is -2.22. The molecule has 0 atom stereocenters. The Labute approximate surface area is 217 Å². The molecule has 0 aliphatic carbocycles. The average molecular weight is 537 g/mol. The van der Waals surface area contributed by atoms with Crippen molar-refractivity contribution in [2.24, 2.45) is 0 Å². The van der Waals surface area contributed by atoms with E-state index in [9.17, 15) is 47.0 Å². The fourth-order valence-electron chi connectivity index (χ4n) is 3.78. The summed E-state index contributed by atoms with van der Waals surface area (Å²) in [6.45, 7) is 0. The number of phenolic OH excluding ortho intramolecular Hbond substituents is 1. The highest BCUT2D eigenvalue weighted by Gasteiger charge is 2.34. The minimum atomic E-state index is -2.43. The number of carbonyl (C=O) groups is 4. The molecule has 4 aromatic carbocycles. The maximum atomic E-state index is 14.5. The summed E-state index contributed by atoms with van der Waals surface area (Å²) >= 11 is 0. The van der Waals surface area contributed by atoms with E-state index >= 15 is 0 Å². The van der Waals surface area contributed by atoms with Gasteiger partial charge in [-0.2, -0.15) is 0 Å². The van der Waals surface area contributed by atoms with E-state index in [1.807, 2.05) is 0 Å². The third-order valence-corrected chi connectivity index (χ3v) is 5.64. The summed E-state index contributed by atoms with van der Waals surface area (Å²) in [5.74, 6) is -16.0. The topological polar surface area (TPSA) is 112 Å². The van der Waals surface area contributed by atoms with Gasteiger partial charge in [-0.1, -0.05) is 36.4 Å². The third kappa shape index (κ3) is 4.85. The maximum Gasteiger partial charge on any atom is 0.339 e. The van der Waals surface area contributed by atoms with Crippen molar-refractivity contribution < 1.29 is 47.0 Å². The van der Waals surface area contributed by atoms with Crippen molar-refractivity contribution in [3.05, 3.63) is 130 Å². The lowest BCUT2D eigenvalue weighted by molar-refractivity contribution is 0.0683. The van der Waals surface area contributed by atoms with E-state index in [2.05, 4.69) is 0 Å².